The number of hydrogen-bond donors (Lipinski definition) is 0. The van der Waals surface area contributed by atoms with Crippen molar-refractivity contribution in [2.45, 2.75) is 6.54 Å². The van der Waals surface area contributed by atoms with Crippen LogP contribution in [0.1, 0.15) is 10.4 Å². The molecule has 0 aliphatic carbocycles. The summed E-state index contributed by atoms with van der Waals surface area (Å²) in [5, 5.41) is 1.14. The van der Waals surface area contributed by atoms with E-state index in [0.717, 1.165) is 4.70 Å². The molecule has 0 bridgehead atoms. The van der Waals surface area contributed by atoms with Crippen LogP contribution in [0.25, 0.3) is 10.2 Å². The number of aromatic nitrogens is 1. The van der Waals surface area contributed by atoms with E-state index in [2.05, 4.69) is 4.99 Å². The molecule has 5 nitrogen and oxygen atoms in total. The highest BCUT2D eigenvalue weighted by atomic mass is 35.5. The van der Waals surface area contributed by atoms with Crippen molar-refractivity contribution in [3.63, 3.8) is 0 Å². The van der Waals surface area contributed by atoms with Crippen LogP contribution in [0.4, 0.5) is 0 Å². The zero-order chi connectivity index (χ0) is 18.8. The molecule has 26 heavy (non-hydrogen) atoms. The second-order valence-electron chi connectivity index (χ2n) is 5.18. The van der Waals surface area contributed by atoms with Gasteiger partial charge in [-0.3, -0.25) is 9.59 Å². The Hall–Kier alpha value is -1.86. The summed E-state index contributed by atoms with van der Waals surface area (Å²) in [7, 11) is 1.28. The molecule has 3 rings (SSSR count). The number of amides is 1. The topological polar surface area (TPSA) is 60.7 Å². The van der Waals surface area contributed by atoms with E-state index in [9.17, 15) is 9.59 Å². The predicted octanol–water partition coefficient (Wildman–Crippen LogP) is 4.58. The molecule has 134 valence electrons. The van der Waals surface area contributed by atoms with Crippen molar-refractivity contribution in [2.24, 2.45) is 4.99 Å². The highest BCUT2D eigenvalue weighted by Crippen LogP contribution is 2.32. The van der Waals surface area contributed by atoms with Crippen LogP contribution in [0.2, 0.25) is 15.1 Å². The maximum atomic E-state index is 12.5. The van der Waals surface area contributed by atoms with Crippen LogP contribution in [0.15, 0.2) is 41.4 Å². The number of carbonyl (C=O) groups is 2. The normalized spacial score (nSPS) is 11.8. The Morgan fingerprint density at radius 3 is 2.46 bits per heavy atom. The Labute approximate surface area is 167 Å². The van der Waals surface area contributed by atoms with Gasteiger partial charge >= 0.3 is 5.97 Å². The molecular formula is C17H11Cl3N2O3S. The van der Waals surface area contributed by atoms with E-state index in [1.54, 1.807) is 36.4 Å². The summed E-state index contributed by atoms with van der Waals surface area (Å²) in [4.78, 5) is 28.7. The third kappa shape index (κ3) is 3.78. The molecule has 0 aliphatic rings. The van der Waals surface area contributed by atoms with Crippen molar-refractivity contribution in [2.75, 3.05) is 7.11 Å². The number of halogens is 3. The Morgan fingerprint density at radius 1 is 1.12 bits per heavy atom. The standard InChI is InChI=1S/C17H11Cl3N2O3S/c1-25-13(23)8-22-15-12(7-6-11(19)14(15)20)26-17(22)21-16(24)9-2-4-10(18)5-3-9/h2-7H,8H2,1H3. The number of benzene rings is 2. The third-order valence-electron chi connectivity index (χ3n) is 3.54. The maximum absolute atomic E-state index is 12.5. The largest absolute Gasteiger partial charge is 0.468 e. The first-order valence-corrected chi connectivity index (χ1v) is 9.24. The van der Waals surface area contributed by atoms with Gasteiger partial charge in [-0.1, -0.05) is 46.1 Å². The van der Waals surface area contributed by atoms with Gasteiger partial charge in [0.1, 0.15) is 6.54 Å². The van der Waals surface area contributed by atoms with Gasteiger partial charge in [0, 0.05) is 10.6 Å². The molecule has 1 aromatic heterocycles. The highest BCUT2D eigenvalue weighted by molar-refractivity contribution is 7.16. The molecule has 0 radical (unpaired) electrons. The van der Waals surface area contributed by atoms with Crippen molar-refractivity contribution in [3.8, 4) is 0 Å². The number of carbonyl (C=O) groups excluding carboxylic acids is 2. The number of methoxy groups -OCH3 is 1. The summed E-state index contributed by atoms with van der Waals surface area (Å²) >= 11 is 19.5. The number of rotatable bonds is 3. The second kappa shape index (κ2) is 7.80. The van der Waals surface area contributed by atoms with Gasteiger partial charge in [0.05, 0.1) is 27.4 Å². The van der Waals surface area contributed by atoms with Crippen LogP contribution in [-0.4, -0.2) is 23.6 Å². The Morgan fingerprint density at radius 2 is 1.81 bits per heavy atom. The Bertz CT molecular complexity index is 1070. The quantitative estimate of drug-likeness (QED) is 0.573. The van der Waals surface area contributed by atoms with E-state index in [4.69, 9.17) is 39.5 Å². The third-order valence-corrected chi connectivity index (χ3v) is 5.63. The average molecular weight is 430 g/mol. The van der Waals surface area contributed by atoms with Gasteiger partial charge in [0.15, 0.2) is 4.80 Å². The van der Waals surface area contributed by atoms with Gasteiger partial charge < -0.3 is 9.30 Å². The Kier molecular flexibility index (Phi) is 5.67. The fraction of sp³-hybridized carbons (Fsp3) is 0.118. The highest BCUT2D eigenvalue weighted by Gasteiger charge is 2.16. The molecular weight excluding hydrogens is 419 g/mol. The van der Waals surface area contributed by atoms with Crippen molar-refractivity contribution in [3.05, 3.63) is 61.8 Å². The lowest BCUT2D eigenvalue weighted by molar-refractivity contribution is -0.141. The first-order chi connectivity index (χ1) is 12.4. The molecule has 0 fully saturated rings. The number of fused-ring (bicyclic) bond motifs is 1. The summed E-state index contributed by atoms with van der Waals surface area (Å²) < 4.78 is 6.99. The summed E-state index contributed by atoms with van der Waals surface area (Å²) in [5.74, 6) is -0.963. The lowest BCUT2D eigenvalue weighted by Gasteiger charge is -2.06. The molecule has 0 saturated carbocycles. The zero-order valence-corrected chi connectivity index (χ0v) is 16.4. The number of thiazole rings is 1. The van der Waals surface area contributed by atoms with Crippen molar-refractivity contribution < 1.29 is 14.3 Å². The maximum Gasteiger partial charge on any atom is 0.325 e. The fourth-order valence-corrected chi connectivity index (χ4v) is 3.91. The number of nitrogens with zero attached hydrogens (tertiary/aromatic N) is 2. The van der Waals surface area contributed by atoms with Gasteiger partial charge in [-0.05, 0) is 36.4 Å². The molecule has 0 saturated heterocycles. The van der Waals surface area contributed by atoms with Crippen LogP contribution in [0, 0.1) is 0 Å². The summed E-state index contributed by atoms with van der Waals surface area (Å²) in [5.41, 5.74) is 0.901. The van der Waals surface area contributed by atoms with E-state index in [1.165, 1.54) is 23.0 Å². The SMILES string of the molecule is COC(=O)Cn1c(=NC(=O)c2ccc(Cl)cc2)sc2ccc(Cl)c(Cl)c21. The van der Waals surface area contributed by atoms with E-state index in [0.29, 0.717) is 25.9 Å². The van der Waals surface area contributed by atoms with Crippen molar-refractivity contribution in [1.29, 1.82) is 0 Å². The van der Waals surface area contributed by atoms with Crippen LogP contribution in [-0.2, 0) is 16.1 Å². The van der Waals surface area contributed by atoms with Gasteiger partial charge in [0.2, 0.25) is 0 Å². The molecule has 0 spiro atoms. The van der Waals surface area contributed by atoms with Gasteiger partial charge in [0.25, 0.3) is 5.91 Å². The number of esters is 1. The lowest BCUT2D eigenvalue weighted by atomic mass is 10.2. The average Bonchev–Trinajstić information content (AvgIpc) is 2.96. The Balaban J connectivity index is 2.19. The van der Waals surface area contributed by atoms with E-state index >= 15 is 0 Å². The molecule has 0 atom stereocenters. The summed E-state index contributed by atoms with van der Waals surface area (Å²) in [6, 6.07) is 9.78. The molecule has 9 heteroatoms. The summed E-state index contributed by atoms with van der Waals surface area (Å²) in [6.45, 7) is -0.150. The predicted molar refractivity (Wildman–Crippen MR) is 103 cm³/mol. The second-order valence-corrected chi connectivity index (χ2v) is 7.41. The van der Waals surface area contributed by atoms with Crippen molar-refractivity contribution in [1.82, 2.24) is 4.57 Å². The number of ether oxygens (including phenoxy) is 1. The van der Waals surface area contributed by atoms with Crippen LogP contribution in [0.3, 0.4) is 0 Å². The fourth-order valence-electron chi connectivity index (χ4n) is 2.27. The van der Waals surface area contributed by atoms with E-state index < -0.39 is 11.9 Å². The minimum atomic E-state index is -0.499. The van der Waals surface area contributed by atoms with E-state index in [-0.39, 0.29) is 11.6 Å². The number of hydrogen-bond acceptors (Lipinski definition) is 4. The first kappa shape index (κ1) is 18.9. The minimum absolute atomic E-state index is 0.150. The first-order valence-electron chi connectivity index (χ1n) is 7.29. The lowest BCUT2D eigenvalue weighted by Crippen LogP contribution is -2.22. The monoisotopic (exact) mass is 428 g/mol. The van der Waals surface area contributed by atoms with E-state index in [1.807, 2.05) is 0 Å². The zero-order valence-electron chi connectivity index (χ0n) is 13.3. The van der Waals surface area contributed by atoms with Gasteiger partial charge in [-0.15, -0.1) is 0 Å². The van der Waals surface area contributed by atoms with Crippen LogP contribution >= 0.6 is 46.1 Å². The molecule has 2 aromatic carbocycles. The van der Waals surface area contributed by atoms with Crippen molar-refractivity contribution >= 4 is 68.2 Å². The van der Waals surface area contributed by atoms with Gasteiger partial charge in [-0.25, -0.2) is 0 Å². The van der Waals surface area contributed by atoms with Gasteiger partial charge in [-0.2, -0.15) is 4.99 Å². The van der Waals surface area contributed by atoms with Crippen LogP contribution < -0.4 is 4.80 Å². The minimum Gasteiger partial charge on any atom is -0.468 e. The molecule has 1 heterocycles. The smallest absolute Gasteiger partial charge is 0.325 e. The molecule has 1 amide bonds. The molecule has 3 aromatic rings. The molecule has 0 N–H and O–H groups in total. The van der Waals surface area contributed by atoms with Crippen LogP contribution in [0.5, 0.6) is 0 Å². The molecule has 0 unspecified atom stereocenters. The molecule has 0 aliphatic heterocycles. The summed E-state index contributed by atoms with van der Waals surface area (Å²) in [6.07, 6.45) is 0.